The van der Waals surface area contributed by atoms with E-state index in [9.17, 15) is 0 Å². The van der Waals surface area contributed by atoms with Gasteiger partial charge in [0.05, 0.1) is 18.6 Å². The lowest BCUT2D eigenvalue weighted by Gasteiger charge is -2.07. The van der Waals surface area contributed by atoms with Crippen molar-refractivity contribution >= 4 is 17.7 Å². The number of ether oxygens (including phenoxy) is 2. The van der Waals surface area contributed by atoms with Crippen molar-refractivity contribution in [1.82, 2.24) is 15.0 Å². The molecule has 0 aliphatic rings. The molecule has 2 N–H and O–H groups in total. The van der Waals surface area contributed by atoms with Crippen LogP contribution >= 0.6 is 11.8 Å². The van der Waals surface area contributed by atoms with E-state index in [0.29, 0.717) is 11.8 Å². The van der Waals surface area contributed by atoms with E-state index in [0.717, 1.165) is 10.6 Å². The van der Waals surface area contributed by atoms with Crippen LogP contribution in [0.25, 0.3) is 0 Å². The lowest BCUT2D eigenvalue weighted by Crippen LogP contribution is -2.04. The number of para-hydroxylation sites is 1. The molecule has 0 fully saturated rings. The Labute approximate surface area is 115 Å². The highest BCUT2D eigenvalue weighted by molar-refractivity contribution is 7.99. The monoisotopic (exact) mass is 278 g/mol. The van der Waals surface area contributed by atoms with Gasteiger partial charge in [-0.15, -0.1) is 0 Å². The van der Waals surface area contributed by atoms with Crippen molar-refractivity contribution in [1.29, 1.82) is 0 Å². The van der Waals surface area contributed by atoms with Gasteiger partial charge in [-0.25, -0.2) is 0 Å². The Morgan fingerprint density at radius 3 is 2.74 bits per heavy atom. The Kier molecular flexibility index (Phi) is 4.40. The molecule has 0 saturated carbocycles. The third-order valence-electron chi connectivity index (χ3n) is 2.16. The zero-order valence-corrected chi connectivity index (χ0v) is 11.5. The number of nitrogens with zero attached hydrogens (tertiary/aromatic N) is 3. The zero-order chi connectivity index (χ0) is 13.7. The van der Waals surface area contributed by atoms with E-state index in [1.165, 1.54) is 11.8 Å². The molecule has 2 rings (SSSR count). The van der Waals surface area contributed by atoms with E-state index in [4.69, 9.17) is 15.2 Å². The van der Waals surface area contributed by atoms with E-state index in [1.54, 1.807) is 7.11 Å². The molecule has 0 atom stereocenters. The zero-order valence-electron chi connectivity index (χ0n) is 10.7. The lowest BCUT2D eigenvalue weighted by atomic mass is 10.3. The number of benzene rings is 1. The summed E-state index contributed by atoms with van der Waals surface area (Å²) in [6.07, 6.45) is 0. The average molecular weight is 278 g/mol. The predicted molar refractivity (Wildman–Crippen MR) is 72.5 cm³/mol. The van der Waals surface area contributed by atoms with Gasteiger partial charge in [-0.2, -0.15) is 15.0 Å². The summed E-state index contributed by atoms with van der Waals surface area (Å²) >= 11 is 1.35. The number of hydrogen-bond acceptors (Lipinski definition) is 7. The van der Waals surface area contributed by atoms with Crippen molar-refractivity contribution in [3.8, 4) is 11.8 Å². The topological polar surface area (TPSA) is 83.2 Å². The van der Waals surface area contributed by atoms with Crippen molar-refractivity contribution in [2.75, 3.05) is 19.5 Å². The van der Waals surface area contributed by atoms with Gasteiger partial charge in [-0.1, -0.05) is 12.1 Å². The van der Waals surface area contributed by atoms with Crippen molar-refractivity contribution < 1.29 is 9.47 Å². The molecule has 6 nitrogen and oxygen atoms in total. The van der Waals surface area contributed by atoms with E-state index in [1.807, 2.05) is 31.2 Å². The summed E-state index contributed by atoms with van der Waals surface area (Å²) in [5.74, 6) is 0.889. The van der Waals surface area contributed by atoms with Crippen LogP contribution in [0.3, 0.4) is 0 Å². The van der Waals surface area contributed by atoms with Gasteiger partial charge in [0.25, 0.3) is 0 Å². The van der Waals surface area contributed by atoms with Gasteiger partial charge >= 0.3 is 6.01 Å². The van der Waals surface area contributed by atoms with Crippen molar-refractivity contribution in [2.24, 2.45) is 0 Å². The summed E-state index contributed by atoms with van der Waals surface area (Å²) in [6, 6.07) is 7.84. The van der Waals surface area contributed by atoms with Crippen LogP contribution in [0.1, 0.15) is 6.92 Å². The maximum absolute atomic E-state index is 5.63. The maximum atomic E-state index is 5.63. The standard InChI is InChI=1S/C12H14N4O2S/c1-3-18-11-14-10(13)15-12(16-11)19-9-7-5-4-6-8(9)17-2/h4-7H,3H2,1-2H3,(H2,13,14,15,16). The predicted octanol–water partition coefficient (Wildman–Crippen LogP) is 2.01. The Hall–Kier alpha value is -2.02. The molecule has 0 aliphatic heterocycles. The minimum atomic E-state index is 0.135. The SMILES string of the molecule is CCOc1nc(N)nc(Sc2ccccc2OC)n1. The highest BCUT2D eigenvalue weighted by Gasteiger charge is 2.10. The third kappa shape index (κ3) is 3.47. The van der Waals surface area contributed by atoms with Gasteiger partial charge in [-0.3, -0.25) is 0 Å². The van der Waals surface area contributed by atoms with E-state index >= 15 is 0 Å². The normalized spacial score (nSPS) is 10.2. The smallest absolute Gasteiger partial charge is 0.322 e. The first-order valence-corrected chi connectivity index (χ1v) is 6.49. The van der Waals surface area contributed by atoms with Gasteiger partial charge in [0.1, 0.15) is 5.75 Å². The van der Waals surface area contributed by atoms with E-state index in [2.05, 4.69) is 15.0 Å². The Balaban J connectivity index is 2.27. The molecule has 19 heavy (non-hydrogen) atoms. The van der Waals surface area contributed by atoms with Crippen molar-refractivity contribution in [3.05, 3.63) is 24.3 Å². The lowest BCUT2D eigenvalue weighted by molar-refractivity contribution is 0.308. The highest BCUT2D eigenvalue weighted by Crippen LogP contribution is 2.33. The molecule has 100 valence electrons. The molecule has 0 aliphatic carbocycles. The van der Waals surface area contributed by atoms with Crippen molar-refractivity contribution in [3.63, 3.8) is 0 Å². The average Bonchev–Trinajstić information content (AvgIpc) is 2.39. The summed E-state index contributed by atoms with van der Waals surface area (Å²) in [5, 5.41) is 0.473. The number of methoxy groups -OCH3 is 1. The summed E-state index contributed by atoms with van der Waals surface area (Å²) < 4.78 is 10.5. The second kappa shape index (κ2) is 6.24. The number of nitrogen functional groups attached to an aromatic ring is 1. The Morgan fingerprint density at radius 2 is 2.00 bits per heavy atom. The molecular formula is C12H14N4O2S. The number of rotatable bonds is 5. The first-order chi connectivity index (χ1) is 9.22. The maximum Gasteiger partial charge on any atom is 0.322 e. The Morgan fingerprint density at radius 1 is 1.21 bits per heavy atom. The molecule has 0 radical (unpaired) electrons. The summed E-state index contributed by atoms with van der Waals surface area (Å²) in [5.41, 5.74) is 5.63. The molecule has 0 unspecified atom stereocenters. The van der Waals surface area contributed by atoms with Gasteiger partial charge in [0, 0.05) is 0 Å². The van der Waals surface area contributed by atoms with Crippen LogP contribution in [0.5, 0.6) is 11.8 Å². The second-order valence-corrected chi connectivity index (χ2v) is 4.45. The van der Waals surface area contributed by atoms with E-state index in [-0.39, 0.29) is 12.0 Å². The van der Waals surface area contributed by atoms with E-state index < -0.39 is 0 Å². The van der Waals surface area contributed by atoms with Gasteiger partial charge in [0.2, 0.25) is 11.1 Å². The molecular weight excluding hydrogens is 264 g/mol. The van der Waals surface area contributed by atoms with Crippen LogP contribution in [0.2, 0.25) is 0 Å². The minimum Gasteiger partial charge on any atom is -0.496 e. The summed E-state index contributed by atoms with van der Waals surface area (Å²) in [7, 11) is 1.62. The van der Waals surface area contributed by atoms with Gasteiger partial charge in [-0.05, 0) is 30.8 Å². The molecule has 0 bridgehead atoms. The van der Waals surface area contributed by atoms with Crippen LogP contribution in [0.4, 0.5) is 5.95 Å². The number of aromatic nitrogens is 3. The number of anilines is 1. The molecule has 1 heterocycles. The first-order valence-electron chi connectivity index (χ1n) is 5.68. The van der Waals surface area contributed by atoms with Gasteiger partial charge < -0.3 is 15.2 Å². The van der Waals surface area contributed by atoms with Crippen LogP contribution < -0.4 is 15.2 Å². The van der Waals surface area contributed by atoms with Gasteiger partial charge in [0.15, 0.2) is 0 Å². The largest absolute Gasteiger partial charge is 0.496 e. The molecule has 1 aromatic carbocycles. The molecule has 0 amide bonds. The molecule has 0 spiro atoms. The van der Waals surface area contributed by atoms with Crippen LogP contribution in [-0.2, 0) is 0 Å². The summed E-state index contributed by atoms with van der Waals surface area (Å²) in [4.78, 5) is 13.0. The molecule has 1 aromatic heterocycles. The molecule has 7 heteroatoms. The first kappa shape index (κ1) is 13.4. The fourth-order valence-electron chi connectivity index (χ4n) is 1.39. The molecule has 2 aromatic rings. The van der Waals surface area contributed by atoms with Crippen molar-refractivity contribution in [2.45, 2.75) is 17.0 Å². The fourth-order valence-corrected chi connectivity index (χ4v) is 2.25. The minimum absolute atomic E-state index is 0.135. The quantitative estimate of drug-likeness (QED) is 0.895. The van der Waals surface area contributed by atoms with Crippen LogP contribution in [0, 0.1) is 0 Å². The fraction of sp³-hybridized carbons (Fsp3) is 0.250. The third-order valence-corrected chi connectivity index (χ3v) is 3.08. The second-order valence-electron chi connectivity index (χ2n) is 3.44. The number of nitrogens with two attached hydrogens (primary N) is 1. The highest BCUT2D eigenvalue weighted by atomic mass is 32.2. The number of hydrogen-bond donors (Lipinski definition) is 1. The van der Waals surface area contributed by atoms with Crippen LogP contribution in [0.15, 0.2) is 34.3 Å². The summed E-state index contributed by atoms with van der Waals surface area (Å²) in [6.45, 7) is 2.33. The van der Waals surface area contributed by atoms with Crippen LogP contribution in [-0.4, -0.2) is 28.7 Å². The molecule has 0 saturated heterocycles. The Bertz CT molecular complexity index is 565.